The number of alkyl halides is 6. The Morgan fingerprint density at radius 1 is 0.825 bits per heavy atom. The molecule has 0 aliphatic carbocycles. The largest absolute Gasteiger partial charge is 0.416 e. The number of hydrogen-bond donors (Lipinski definition) is 1. The Hall–Kier alpha value is -4.68. The van der Waals surface area contributed by atoms with Gasteiger partial charge in [0.15, 0.2) is 0 Å². The van der Waals surface area contributed by atoms with Crippen LogP contribution >= 0.6 is 0 Å². The minimum atomic E-state index is -4.66. The predicted molar refractivity (Wildman–Crippen MR) is 132 cm³/mol. The van der Waals surface area contributed by atoms with Crippen molar-refractivity contribution in [2.75, 3.05) is 0 Å². The van der Waals surface area contributed by atoms with Crippen LogP contribution in [0.3, 0.4) is 0 Å². The fourth-order valence-corrected chi connectivity index (χ4v) is 3.83. The summed E-state index contributed by atoms with van der Waals surface area (Å²) in [7, 11) is 0. The zero-order valence-corrected chi connectivity index (χ0v) is 20.6. The molecule has 0 saturated carbocycles. The van der Waals surface area contributed by atoms with Gasteiger partial charge in [0, 0.05) is 0 Å². The van der Waals surface area contributed by atoms with Crippen molar-refractivity contribution in [2.24, 2.45) is 0 Å². The van der Waals surface area contributed by atoms with Gasteiger partial charge in [-0.05, 0) is 54.4 Å². The quantitative estimate of drug-likeness (QED) is 0.337. The van der Waals surface area contributed by atoms with E-state index in [0.717, 1.165) is 36.4 Å². The Morgan fingerprint density at radius 3 is 1.88 bits per heavy atom. The highest BCUT2D eigenvalue weighted by molar-refractivity contribution is 5.92. The van der Waals surface area contributed by atoms with Crippen molar-refractivity contribution >= 4 is 5.91 Å². The average Bonchev–Trinajstić information content (AvgIpc) is 2.91. The van der Waals surface area contributed by atoms with Gasteiger partial charge in [-0.1, -0.05) is 42.5 Å². The van der Waals surface area contributed by atoms with Crippen LogP contribution in [0.4, 0.5) is 26.3 Å². The van der Waals surface area contributed by atoms with Crippen LogP contribution in [0.5, 0.6) is 0 Å². The highest BCUT2D eigenvalue weighted by atomic mass is 19.4. The normalized spacial score (nSPS) is 12.7. The molecule has 0 saturated heterocycles. The zero-order chi connectivity index (χ0) is 29.2. The van der Waals surface area contributed by atoms with Crippen molar-refractivity contribution in [3.63, 3.8) is 0 Å². The fourth-order valence-electron chi connectivity index (χ4n) is 3.83. The summed E-state index contributed by atoms with van der Waals surface area (Å²) >= 11 is 0. The average molecular weight is 562 g/mol. The maximum Gasteiger partial charge on any atom is 0.416 e. The first-order chi connectivity index (χ1) is 18.8. The molecule has 1 amide bonds. The van der Waals surface area contributed by atoms with Crippen LogP contribution in [-0.2, 0) is 18.9 Å². The van der Waals surface area contributed by atoms with Gasteiger partial charge in [0.1, 0.15) is 0 Å². The van der Waals surface area contributed by atoms with Gasteiger partial charge in [-0.25, -0.2) is 4.79 Å². The third-order valence-corrected chi connectivity index (χ3v) is 5.98. The summed E-state index contributed by atoms with van der Waals surface area (Å²) in [5.74, 6) is -0.969. The lowest BCUT2D eigenvalue weighted by Crippen LogP contribution is -2.46. The zero-order valence-electron chi connectivity index (χ0n) is 20.6. The summed E-state index contributed by atoms with van der Waals surface area (Å²) in [5, 5.41) is 6.45. The number of aromatic nitrogens is 3. The molecule has 208 valence electrons. The maximum atomic E-state index is 13.3. The van der Waals surface area contributed by atoms with Gasteiger partial charge in [0.05, 0.1) is 29.4 Å². The molecule has 1 aromatic heterocycles. The number of rotatable bonds is 6. The molecule has 0 spiro atoms. The highest BCUT2D eigenvalue weighted by Gasteiger charge is 2.31. The molecule has 0 aliphatic rings. The summed E-state index contributed by atoms with van der Waals surface area (Å²) < 4.78 is 79.2. The van der Waals surface area contributed by atoms with Crippen LogP contribution in [-0.4, -0.2) is 20.3 Å². The monoisotopic (exact) mass is 562 g/mol. The molecule has 1 heterocycles. The molecule has 1 atom stereocenters. The number of halogens is 6. The number of benzene rings is 3. The smallest absolute Gasteiger partial charge is 0.344 e. The first kappa shape index (κ1) is 28.3. The standard InChI is InChI=1S/C27H20F6N4O3/c1-16(18-5-3-2-4-6-18)34-23(38)22-24(39)36(15-17-7-9-19(10-8-17)26(28,29)30)25(40)37(35-22)21-13-11-20(12-14-21)27(31,32)33/h2-14,16H,15H2,1H3,(H,34,38)/t16-/m0/s1. The van der Waals surface area contributed by atoms with Gasteiger partial charge in [-0.3, -0.25) is 14.2 Å². The van der Waals surface area contributed by atoms with Crippen LogP contribution in [0.15, 0.2) is 88.5 Å². The first-order valence-electron chi connectivity index (χ1n) is 11.7. The molecule has 40 heavy (non-hydrogen) atoms. The minimum absolute atomic E-state index is 0.126. The van der Waals surface area contributed by atoms with E-state index in [4.69, 9.17) is 0 Å². The van der Waals surface area contributed by atoms with E-state index in [1.165, 1.54) is 0 Å². The Balaban J connectivity index is 1.79. The van der Waals surface area contributed by atoms with Gasteiger partial charge in [0.2, 0.25) is 5.69 Å². The van der Waals surface area contributed by atoms with Crippen molar-refractivity contribution < 1.29 is 31.1 Å². The number of carbonyl (C=O) groups excluding carboxylic acids is 1. The van der Waals surface area contributed by atoms with E-state index in [9.17, 15) is 40.7 Å². The Morgan fingerprint density at radius 2 is 1.35 bits per heavy atom. The summed E-state index contributed by atoms with van der Waals surface area (Å²) in [6, 6.07) is 15.0. The molecule has 4 rings (SSSR count). The second kappa shape index (κ2) is 10.8. The van der Waals surface area contributed by atoms with E-state index < -0.39 is 58.9 Å². The fraction of sp³-hybridized carbons (Fsp3) is 0.185. The summed E-state index contributed by atoms with van der Waals surface area (Å²) in [5.41, 5.74) is -4.30. The van der Waals surface area contributed by atoms with E-state index >= 15 is 0 Å². The third-order valence-electron chi connectivity index (χ3n) is 5.98. The Kier molecular flexibility index (Phi) is 7.67. The van der Waals surface area contributed by atoms with Crippen molar-refractivity contribution in [2.45, 2.75) is 31.9 Å². The summed E-state index contributed by atoms with van der Waals surface area (Å²) in [6.45, 7) is 1.10. The lowest BCUT2D eigenvalue weighted by molar-refractivity contribution is -0.138. The molecule has 0 unspecified atom stereocenters. The van der Waals surface area contributed by atoms with Gasteiger partial charge in [0.25, 0.3) is 11.5 Å². The third kappa shape index (κ3) is 6.14. The molecule has 4 aromatic rings. The SMILES string of the molecule is C[C@H](NC(=O)c1nn(-c2ccc(C(F)(F)F)cc2)c(=O)n(Cc2ccc(C(F)(F)F)cc2)c1=O)c1ccccc1. The van der Waals surface area contributed by atoms with E-state index in [-0.39, 0.29) is 11.3 Å². The molecule has 0 radical (unpaired) electrons. The number of nitrogens with one attached hydrogen (secondary N) is 1. The maximum absolute atomic E-state index is 13.3. The van der Waals surface area contributed by atoms with Gasteiger partial charge < -0.3 is 5.32 Å². The molecule has 3 aromatic carbocycles. The van der Waals surface area contributed by atoms with Gasteiger partial charge in [-0.15, -0.1) is 0 Å². The van der Waals surface area contributed by atoms with Gasteiger partial charge >= 0.3 is 18.0 Å². The molecular formula is C27H20F6N4O3. The number of hydrogen-bond acceptors (Lipinski definition) is 4. The molecule has 0 bridgehead atoms. The van der Waals surface area contributed by atoms with Crippen LogP contribution in [0.1, 0.15) is 45.7 Å². The second-order valence-corrected chi connectivity index (χ2v) is 8.78. The van der Waals surface area contributed by atoms with Crippen LogP contribution < -0.4 is 16.6 Å². The van der Waals surface area contributed by atoms with Crippen molar-refractivity contribution in [3.05, 3.63) is 128 Å². The predicted octanol–water partition coefficient (Wildman–Crippen LogP) is 4.97. The molecule has 0 aliphatic heterocycles. The highest BCUT2D eigenvalue weighted by Crippen LogP contribution is 2.30. The second-order valence-electron chi connectivity index (χ2n) is 8.78. The Labute approximate surface area is 222 Å². The van der Waals surface area contributed by atoms with Gasteiger partial charge in [-0.2, -0.15) is 36.1 Å². The lowest BCUT2D eigenvalue weighted by atomic mass is 10.1. The van der Waals surface area contributed by atoms with E-state index in [2.05, 4.69) is 10.4 Å². The topological polar surface area (TPSA) is 86.0 Å². The number of carbonyl (C=O) groups is 1. The summed E-state index contributed by atoms with van der Waals surface area (Å²) in [6.07, 6.45) is -9.26. The number of amides is 1. The Bertz CT molecular complexity index is 1630. The molecule has 1 N–H and O–H groups in total. The van der Waals surface area contributed by atoms with Crippen LogP contribution in [0, 0.1) is 0 Å². The van der Waals surface area contributed by atoms with E-state index in [1.54, 1.807) is 37.3 Å². The van der Waals surface area contributed by atoms with Crippen molar-refractivity contribution in [1.29, 1.82) is 0 Å². The summed E-state index contributed by atoms with van der Waals surface area (Å²) in [4.78, 5) is 39.6. The molecular weight excluding hydrogens is 542 g/mol. The van der Waals surface area contributed by atoms with Crippen LogP contribution in [0.25, 0.3) is 5.69 Å². The minimum Gasteiger partial charge on any atom is -0.344 e. The number of nitrogens with zero attached hydrogens (tertiary/aromatic N) is 3. The van der Waals surface area contributed by atoms with Crippen molar-refractivity contribution in [3.8, 4) is 5.69 Å². The molecule has 0 fully saturated rings. The van der Waals surface area contributed by atoms with E-state index in [0.29, 0.717) is 26.9 Å². The molecule has 13 heteroatoms. The first-order valence-corrected chi connectivity index (χ1v) is 11.7. The van der Waals surface area contributed by atoms with E-state index in [1.807, 2.05) is 0 Å². The van der Waals surface area contributed by atoms with Crippen molar-refractivity contribution in [1.82, 2.24) is 19.7 Å². The lowest BCUT2D eigenvalue weighted by Gasteiger charge is -2.16. The molecule has 7 nitrogen and oxygen atoms in total. The van der Waals surface area contributed by atoms with Crippen LogP contribution in [0.2, 0.25) is 0 Å².